The minimum Gasteiger partial charge on any atom is -0.206 e. The van der Waals surface area contributed by atoms with Crippen molar-refractivity contribution in [2.45, 2.75) is 96.3 Å². The van der Waals surface area contributed by atoms with Gasteiger partial charge in [-0.3, -0.25) is 0 Å². The van der Waals surface area contributed by atoms with E-state index in [-0.39, 0.29) is 0 Å². The molecule has 0 radical (unpaired) electrons. The average Bonchev–Trinajstić information content (AvgIpc) is 2.68. The van der Waals surface area contributed by atoms with Crippen LogP contribution in [0, 0.1) is 23.6 Å². The van der Waals surface area contributed by atoms with E-state index in [4.69, 9.17) is 0 Å². The first-order valence-electron chi connectivity index (χ1n) is 11.2. The predicted octanol–water partition coefficient (Wildman–Crippen LogP) is 8.42. The molecule has 0 amide bonds. The lowest BCUT2D eigenvalue weighted by atomic mass is 9.67. The summed E-state index contributed by atoms with van der Waals surface area (Å²) in [5.74, 6) is 2.09. The van der Waals surface area contributed by atoms with Gasteiger partial charge in [0.25, 0.3) is 6.43 Å². The molecule has 0 saturated heterocycles. The molecule has 1 unspecified atom stereocenters. The minimum atomic E-state index is -2.73. The molecule has 3 rings (SSSR count). The van der Waals surface area contributed by atoms with Crippen molar-refractivity contribution in [1.82, 2.24) is 0 Å². The summed E-state index contributed by atoms with van der Waals surface area (Å²) in [7, 11) is 0. The zero-order valence-corrected chi connectivity index (χ0v) is 16.7. The van der Waals surface area contributed by atoms with Crippen molar-refractivity contribution in [3.63, 3.8) is 0 Å². The van der Waals surface area contributed by atoms with Crippen molar-refractivity contribution in [2.75, 3.05) is 0 Å². The fraction of sp³-hybridized carbons (Fsp3) is 0.750. The Balaban J connectivity index is 1.53. The number of hydrogen-bond acceptors (Lipinski definition) is 0. The molecule has 2 saturated carbocycles. The van der Waals surface area contributed by atoms with Gasteiger partial charge in [-0.1, -0.05) is 70.4 Å². The van der Waals surface area contributed by atoms with Gasteiger partial charge in [-0.05, 0) is 61.0 Å². The SMILES string of the molecule is CCCCC[C@H]1CC[C@H](C2CCC[C@H](c3ccc(C(F)F)c(F)c3)C2)CC1. The van der Waals surface area contributed by atoms with Crippen LogP contribution in [0.3, 0.4) is 0 Å². The van der Waals surface area contributed by atoms with Crippen molar-refractivity contribution in [3.05, 3.63) is 35.1 Å². The van der Waals surface area contributed by atoms with E-state index in [0.29, 0.717) is 5.92 Å². The Hall–Kier alpha value is -0.990. The second-order valence-electron chi connectivity index (χ2n) is 8.98. The molecular formula is C24H35F3. The maximum atomic E-state index is 14.0. The standard InChI is InChI=1S/C24H35F3/c1-2-3-4-6-17-9-11-18(12-10-17)19-7-5-8-20(15-19)21-13-14-22(24(26)27)23(25)16-21/h13-14,16-20,24H,2-12,15H2,1H3/t17-,18-,19?,20-/m0/s1. The fourth-order valence-corrected chi connectivity index (χ4v) is 5.56. The van der Waals surface area contributed by atoms with Crippen LogP contribution in [-0.2, 0) is 0 Å². The highest BCUT2D eigenvalue weighted by Crippen LogP contribution is 2.45. The van der Waals surface area contributed by atoms with Crippen LogP contribution in [0.2, 0.25) is 0 Å². The Morgan fingerprint density at radius 1 is 0.963 bits per heavy atom. The zero-order valence-electron chi connectivity index (χ0n) is 16.7. The zero-order chi connectivity index (χ0) is 19.2. The van der Waals surface area contributed by atoms with Crippen molar-refractivity contribution in [2.24, 2.45) is 17.8 Å². The van der Waals surface area contributed by atoms with Gasteiger partial charge >= 0.3 is 0 Å². The third-order valence-corrected chi connectivity index (χ3v) is 7.22. The summed E-state index contributed by atoms with van der Waals surface area (Å²) < 4.78 is 39.6. The average molecular weight is 381 g/mol. The van der Waals surface area contributed by atoms with E-state index >= 15 is 0 Å². The first kappa shape index (κ1) is 20.7. The molecule has 0 bridgehead atoms. The van der Waals surface area contributed by atoms with Crippen LogP contribution in [0.5, 0.6) is 0 Å². The van der Waals surface area contributed by atoms with Crippen LogP contribution in [0.4, 0.5) is 13.2 Å². The van der Waals surface area contributed by atoms with E-state index < -0.39 is 17.8 Å². The summed E-state index contributed by atoms with van der Waals surface area (Å²) in [6, 6.07) is 4.40. The molecule has 2 aliphatic rings. The molecule has 0 spiro atoms. The van der Waals surface area contributed by atoms with Crippen molar-refractivity contribution in [1.29, 1.82) is 0 Å². The van der Waals surface area contributed by atoms with Gasteiger partial charge in [0.2, 0.25) is 0 Å². The van der Waals surface area contributed by atoms with Crippen LogP contribution in [0.25, 0.3) is 0 Å². The van der Waals surface area contributed by atoms with Gasteiger partial charge in [-0.25, -0.2) is 13.2 Å². The van der Waals surface area contributed by atoms with Gasteiger partial charge in [0.15, 0.2) is 0 Å². The van der Waals surface area contributed by atoms with Crippen molar-refractivity contribution in [3.8, 4) is 0 Å². The molecule has 1 aromatic rings. The summed E-state index contributed by atoms with van der Waals surface area (Å²) in [5.41, 5.74) is 0.461. The first-order valence-corrected chi connectivity index (χ1v) is 11.2. The maximum Gasteiger partial charge on any atom is 0.266 e. The highest BCUT2D eigenvalue weighted by Gasteiger charge is 2.32. The van der Waals surface area contributed by atoms with E-state index in [1.165, 1.54) is 76.3 Å². The molecule has 1 aromatic carbocycles. The second-order valence-corrected chi connectivity index (χ2v) is 8.98. The number of hydrogen-bond donors (Lipinski definition) is 0. The normalized spacial score (nSPS) is 29.2. The van der Waals surface area contributed by atoms with Crippen LogP contribution in [-0.4, -0.2) is 0 Å². The number of rotatable bonds is 7. The molecule has 0 heterocycles. The molecule has 27 heavy (non-hydrogen) atoms. The maximum absolute atomic E-state index is 14.0. The quantitative estimate of drug-likeness (QED) is 0.416. The van der Waals surface area contributed by atoms with Crippen LogP contribution in [0.1, 0.15) is 107 Å². The van der Waals surface area contributed by atoms with E-state index in [1.54, 1.807) is 6.07 Å². The summed E-state index contributed by atoms with van der Waals surface area (Å²) in [5, 5.41) is 0. The van der Waals surface area contributed by atoms with Gasteiger partial charge in [0, 0.05) is 0 Å². The summed E-state index contributed by atoms with van der Waals surface area (Å²) in [4.78, 5) is 0. The van der Waals surface area contributed by atoms with E-state index in [1.807, 2.05) is 0 Å². The largest absolute Gasteiger partial charge is 0.266 e. The molecule has 0 aliphatic heterocycles. The summed E-state index contributed by atoms with van der Waals surface area (Å²) >= 11 is 0. The third-order valence-electron chi connectivity index (χ3n) is 7.22. The fourth-order valence-electron chi connectivity index (χ4n) is 5.56. The lowest BCUT2D eigenvalue weighted by molar-refractivity contribution is 0.145. The first-order chi connectivity index (χ1) is 13.1. The topological polar surface area (TPSA) is 0 Å². The van der Waals surface area contributed by atoms with E-state index in [0.717, 1.165) is 36.2 Å². The monoisotopic (exact) mass is 380 g/mol. The number of halogens is 3. The minimum absolute atomic E-state index is 0.340. The van der Waals surface area contributed by atoms with E-state index in [9.17, 15) is 13.2 Å². The van der Waals surface area contributed by atoms with Gasteiger partial charge < -0.3 is 0 Å². The molecule has 0 N–H and O–H groups in total. The third kappa shape index (κ3) is 5.51. The lowest BCUT2D eigenvalue weighted by Gasteiger charge is -2.38. The number of unbranched alkanes of at least 4 members (excludes halogenated alkanes) is 2. The molecular weight excluding hydrogens is 345 g/mol. The molecule has 2 atom stereocenters. The Bertz CT molecular complexity index is 575. The van der Waals surface area contributed by atoms with Gasteiger partial charge in [-0.15, -0.1) is 0 Å². The molecule has 2 aliphatic carbocycles. The van der Waals surface area contributed by atoms with Crippen LogP contribution < -0.4 is 0 Å². The van der Waals surface area contributed by atoms with Gasteiger partial charge in [-0.2, -0.15) is 0 Å². The highest BCUT2D eigenvalue weighted by molar-refractivity contribution is 5.28. The van der Waals surface area contributed by atoms with Crippen molar-refractivity contribution < 1.29 is 13.2 Å². The van der Waals surface area contributed by atoms with Crippen LogP contribution in [0.15, 0.2) is 18.2 Å². The van der Waals surface area contributed by atoms with Crippen molar-refractivity contribution >= 4 is 0 Å². The molecule has 0 nitrogen and oxygen atoms in total. The number of alkyl halides is 2. The predicted molar refractivity (Wildman–Crippen MR) is 106 cm³/mol. The Kier molecular flexibility index (Phi) is 7.66. The summed E-state index contributed by atoms with van der Waals surface area (Å²) in [6.45, 7) is 2.27. The summed E-state index contributed by atoms with van der Waals surface area (Å²) in [6.07, 6.45) is 12.9. The van der Waals surface area contributed by atoms with Gasteiger partial charge in [0.1, 0.15) is 5.82 Å². The Morgan fingerprint density at radius 2 is 1.74 bits per heavy atom. The number of benzene rings is 1. The van der Waals surface area contributed by atoms with Crippen LogP contribution >= 0.6 is 0 Å². The molecule has 0 aromatic heterocycles. The Labute approximate surface area is 162 Å². The molecule has 2 fully saturated rings. The molecule has 3 heteroatoms. The molecule has 152 valence electrons. The lowest BCUT2D eigenvalue weighted by Crippen LogP contribution is -2.26. The second kappa shape index (κ2) is 9.98. The van der Waals surface area contributed by atoms with Gasteiger partial charge in [0.05, 0.1) is 5.56 Å². The van der Waals surface area contributed by atoms with E-state index in [2.05, 4.69) is 6.92 Å². The highest BCUT2D eigenvalue weighted by atomic mass is 19.3. The smallest absolute Gasteiger partial charge is 0.206 e. The Morgan fingerprint density at radius 3 is 2.41 bits per heavy atom.